The van der Waals surface area contributed by atoms with Crippen LogP contribution in [0.4, 0.5) is 0 Å². The number of nitrogens with zero attached hydrogens (tertiary/aromatic N) is 7. The Balaban J connectivity index is 1.12. The van der Waals surface area contributed by atoms with Crippen molar-refractivity contribution in [3.8, 4) is 62.4 Å². The normalized spacial score (nSPS) is 11.6. The molecule has 9 aromatic carbocycles. The van der Waals surface area contributed by atoms with Crippen LogP contribution >= 0.6 is 0 Å². The second-order valence-corrected chi connectivity index (χ2v) is 21.3. The van der Waals surface area contributed by atoms with E-state index in [1.54, 1.807) is 0 Å². The number of fused-ring (bicyclic) bond motifs is 3. The monoisotopic (exact) mass is 915 g/mol. The van der Waals surface area contributed by atoms with E-state index in [1.165, 1.54) is 20.7 Å². The molecule has 0 N–H and O–H groups in total. The number of para-hydroxylation sites is 1. The first-order valence-corrected chi connectivity index (χ1v) is 25.5. The van der Waals surface area contributed by atoms with Crippen LogP contribution in [0.1, 0.15) is 11.6 Å². The summed E-state index contributed by atoms with van der Waals surface area (Å²) in [6, 6.07) is 84.6. The third-order valence-electron chi connectivity index (χ3n) is 13.2. The minimum atomic E-state index is -2.83. The number of benzene rings is 9. The highest BCUT2D eigenvalue weighted by atomic mass is 28.3. The molecule has 0 radical (unpaired) electrons. The molecule has 0 aliphatic rings. The highest BCUT2D eigenvalue weighted by Crippen LogP contribution is 2.39. The Morgan fingerprint density at radius 1 is 0.300 bits per heavy atom. The van der Waals surface area contributed by atoms with Gasteiger partial charge in [0.05, 0.1) is 16.7 Å². The largest absolute Gasteiger partial charge is 0.309 e. The molecular weight excluding hydrogens is 871 g/mol. The lowest BCUT2D eigenvalue weighted by atomic mass is 10.0. The molecule has 0 aliphatic heterocycles. The molecule has 0 spiro atoms. The third-order valence-corrected chi connectivity index (χ3v) is 18.0. The molecule has 12 rings (SSSR count). The lowest BCUT2D eigenvalue weighted by Crippen LogP contribution is -2.74. The van der Waals surface area contributed by atoms with Gasteiger partial charge in [-0.2, -0.15) is 0 Å². The average molecular weight is 916 g/mol. The van der Waals surface area contributed by atoms with Gasteiger partial charge in [-0.05, 0) is 82.1 Å². The molecule has 0 saturated heterocycles. The minimum Gasteiger partial charge on any atom is -0.309 e. The van der Waals surface area contributed by atoms with Gasteiger partial charge in [0, 0.05) is 33.0 Å². The molecule has 0 amide bonds. The predicted molar refractivity (Wildman–Crippen MR) is 288 cm³/mol. The summed E-state index contributed by atoms with van der Waals surface area (Å²) in [6.45, 7) is 3.82. The summed E-state index contributed by atoms with van der Waals surface area (Å²) in [4.78, 5) is 29.8. The van der Waals surface area contributed by atoms with E-state index in [9.17, 15) is 0 Å². The summed E-state index contributed by atoms with van der Waals surface area (Å²) >= 11 is 0. The van der Waals surface area contributed by atoms with Crippen molar-refractivity contribution in [2.75, 3.05) is 0 Å². The first-order chi connectivity index (χ1) is 34.5. The quantitative estimate of drug-likeness (QED) is 0.100. The van der Waals surface area contributed by atoms with Crippen molar-refractivity contribution in [2.45, 2.75) is 13.8 Å². The van der Waals surface area contributed by atoms with Crippen LogP contribution in [-0.4, -0.2) is 42.5 Å². The molecule has 0 aliphatic carbocycles. The summed E-state index contributed by atoms with van der Waals surface area (Å²) < 4.78 is 2.35. The van der Waals surface area contributed by atoms with Gasteiger partial charge < -0.3 is 4.57 Å². The molecule has 0 unspecified atom stereocenters. The predicted octanol–water partition coefficient (Wildman–Crippen LogP) is 11.5. The highest BCUT2D eigenvalue weighted by molar-refractivity contribution is 7.19. The van der Waals surface area contributed by atoms with Crippen LogP contribution in [0.15, 0.2) is 237 Å². The third kappa shape index (κ3) is 7.57. The van der Waals surface area contributed by atoms with E-state index in [1.807, 2.05) is 50.2 Å². The van der Waals surface area contributed by atoms with Crippen LogP contribution < -0.4 is 20.7 Å². The van der Waals surface area contributed by atoms with Gasteiger partial charge in [-0.1, -0.05) is 200 Å². The van der Waals surface area contributed by atoms with Crippen LogP contribution in [0, 0.1) is 13.8 Å². The number of aromatic nitrogens is 7. The Labute approximate surface area is 407 Å². The summed E-state index contributed by atoms with van der Waals surface area (Å²) in [6.07, 6.45) is 0. The molecule has 3 heterocycles. The SMILES string of the molecule is Cc1nc(C)nc(-c2ccc3c(c2)c2ccccc2n3-c2ccc(-c3cccc([Si](c4ccccc4)(c4ccccc4)c4ccccc4)c3)cc2-c2nc(-c3ccccc3)nc(-c3ccccc3)n2)n1. The summed E-state index contributed by atoms with van der Waals surface area (Å²) in [7, 11) is -2.83. The highest BCUT2D eigenvalue weighted by Gasteiger charge is 2.41. The van der Waals surface area contributed by atoms with Gasteiger partial charge in [0.15, 0.2) is 31.4 Å². The molecule has 0 fully saturated rings. The molecular formula is C62H45N7Si. The maximum atomic E-state index is 5.36. The zero-order chi connectivity index (χ0) is 47.0. The molecule has 12 aromatic rings. The Kier molecular flexibility index (Phi) is 10.8. The fourth-order valence-corrected chi connectivity index (χ4v) is 14.9. The Hall–Kier alpha value is -8.98. The van der Waals surface area contributed by atoms with Crippen molar-refractivity contribution >= 4 is 50.6 Å². The van der Waals surface area contributed by atoms with Crippen molar-refractivity contribution in [2.24, 2.45) is 0 Å². The maximum absolute atomic E-state index is 5.36. The number of rotatable bonds is 10. The van der Waals surface area contributed by atoms with Gasteiger partial charge in [0.1, 0.15) is 11.6 Å². The van der Waals surface area contributed by atoms with Crippen molar-refractivity contribution in [1.29, 1.82) is 0 Å². The summed E-state index contributed by atoms with van der Waals surface area (Å²) in [5, 5.41) is 7.45. The summed E-state index contributed by atoms with van der Waals surface area (Å²) in [5.74, 6) is 3.80. The number of hydrogen-bond acceptors (Lipinski definition) is 6. The van der Waals surface area contributed by atoms with Crippen LogP contribution in [0.3, 0.4) is 0 Å². The molecule has 3 aromatic heterocycles. The second kappa shape index (κ2) is 17.9. The fraction of sp³-hybridized carbons (Fsp3) is 0.0323. The first-order valence-electron chi connectivity index (χ1n) is 23.5. The molecule has 0 saturated carbocycles. The van der Waals surface area contributed by atoms with Gasteiger partial charge in [0.2, 0.25) is 0 Å². The van der Waals surface area contributed by atoms with E-state index in [-0.39, 0.29) is 0 Å². The van der Waals surface area contributed by atoms with Crippen molar-refractivity contribution in [3.63, 3.8) is 0 Å². The van der Waals surface area contributed by atoms with Gasteiger partial charge in [-0.15, -0.1) is 0 Å². The second-order valence-electron chi connectivity index (χ2n) is 17.5. The van der Waals surface area contributed by atoms with E-state index >= 15 is 0 Å². The zero-order valence-electron chi connectivity index (χ0n) is 38.6. The van der Waals surface area contributed by atoms with E-state index in [0.717, 1.165) is 60.9 Å². The fourth-order valence-electron chi connectivity index (χ4n) is 10.1. The van der Waals surface area contributed by atoms with Crippen molar-refractivity contribution in [1.82, 2.24) is 34.5 Å². The minimum absolute atomic E-state index is 0.570. The maximum Gasteiger partial charge on any atom is 0.179 e. The van der Waals surface area contributed by atoms with Crippen LogP contribution in [-0.2, 0) is 0 Å². The molecule has 0 atom stereocenters. The summed E-state index contributed by atoms with van der Waals surface area (Å²) in [5.41, 5.74) is 8.79. The number of hydrogen-bond donors (Lipinski definition) is 0. The Bertz CT molecular complexity index is 3670. The molecule has 7 nitrogen and oxygen atoms in total. The zero-order valence-corrected chi connectivity index (χ0v) is 39.6. The average Bonchev–Trinajstić information content (AvgIpc) is 3.75. The van der Waals surface area contributed by atoms with Gasteiger partial charge in [-0.25, -0.2) is 29.9 Å². The smallest absolute Gasteiger partial charge is 0.179 e. The standard InChI is InChI=1S/C62H45N7Si/c1-42-63-43(2)65-61(64-42)48-36-38-57-54(41-48)53-33-18-19-34-56(53)69(57)58-37-35-47(40-55(58)62-67-59(44-21-8-3-9-22-44)66-60(68-62)45-23-10-4-11-24-45)46-25-20-32-52(39-46)70(49-26-12-5-13-27-49,50-28-14-6-15-29-50)51-30-16-7-17-31-51/h3-41H,1-2H3. The van der Waals surface area contributed by atoms with Crippen LogP contribution in [0.5, 0.6) is 0 Å². The van der Waals surface area contributed by atoms with Crippen molar-refractivity contribution < 1.29 is 0 Å². The van der Waals surface area contributed by atoms with Crippen LogP contribution in [0.25, 0.3) is 84.2 Å². The van der Waals surface area contributed by atoms with E-state index < -0.39 is 8.07 Å². The van der Waals surface area contributed by atoms with Gasteiger partial charge in [0.25, 0.3) is 0 Å². The van der Waals surface area contributed by atoms with Gasteiger partial charge >= 0.3 is 0 Å². The van der Waals surface area contributed by atoms with Crippen molar-refractivity contribution in [3.05, 3.63) is 248 Å². The van der Waals surface area contributed by atoms with E-state index in [0.29, 0.717) is 34.9 Å². The molecule has 332 valence electrons. The van der Waals surface area contributed by atoms with Gasteiger partial charge in [-0.3, -0.25) is 0 Å². The molecule has 70 heavy (non-hydrogen) atoms. The van der Waals surface area contributed by atoms with E-state index in [4.69, 9.17) is 24.9 Å². The molecule has 8 heteroatoms. The number of aryl methyl sites for hydroxylation is 2. The topological polar surface area (TPSA) is 82.3 Å². The van der Waals surface area contributed by atoms with E-state index in [2.05, 4.69) is 210 Å². The Morgan fingerprint density at radius 3 is 1.33 bits per heavy atom. The molecule has 0 bridgehead atoms. The lowest BCUT2D eigenvalue weighted by molar-refractivity contribution is 0.929. The van der Waals surface area contributed by atoms with Crippen LogP contribution in [0.2, 0.25) is 0 Å². The Morgan fingerprint density at radius 2 is 0.743 bits per heavy atom. The first kappa shape index (κ1) is 42.4. The lowest BCUT2D eigenvalue weighted by Gasteiger charge is -2.34.